The number of hydrogen-bond donors (Lipinski definition) is 1. The van der Waals surface area contributed by atoms with Crippen LogP contribution in [0.2, 0.25) is 0 Å². The highest BCUT2D eigenvalue weighted by atomic mass is 35.6. The molecule has 0 bridgehead atoms. The molecule has 1 N–H and O–H groups in total. The molecule has 1 atom stereocenters. The zero-order chi connectivity index (χ0) is 19.0. The van der Waals surface area contributed by atoms with Crippen LogP contribution in [0.1, 0.15) is 54.9 Å². The number of rotatable bonds is 3. The Bertz CT molecular complexity index is 674. The summed E-state index contributed by atoms with van der Waals surface area (Å²) in [6, 6.07) is 0. The third kappa shape index (κ3) is 4.82. The van der Waals surface area contributed by atoms with Crippen molar-refractivity contribution in [2.24, 2.45) is 11.3 Å². The van der Waals surface area contributed by atoms with Gasteiger partial charge in [0.15, 0.2) is 0 Å². The van der Waals surface area contributed by atoms with Gasteiger partial charge in [-0.25, -0.2) is 4.79 Å². The first-order valence-corrected chi connectivity index (χ1v) is 10.1. The van der Waals surface area contributed by atoms with E-state index in [0.29, 0.717) is 16.5 Å². The fraction of sp³-hybridized carbons (Fsp3) is 0.647. The molecule has 0 radical (unpaired) electrons. The number of alkyl halides is 3. The summed E-state index contributed by atoms with van der Waals surface area (Å²) in [7, 11) is 0. The van der Waals surface area contributed by atoms with Gasteiger partial charge in [0.1, 0.15) is 5.00 Å². The molecular weight excluding hydrogens is 405 g/mol. The molecule has 0 aromatic carbocycles. The Labute approximate surface area is 167 Å². The quantitative estimate of drug-likeness (QED) is 0.521. The SMILES string of the molecule is CCOC(=O)c1c(NC(=O)C(Cl)(Cl)Cl)sc2c1CCC(C(C)(C)C)C2. The molecule has 8 heteroatoms. The van der Waals surface area contributed by atoms with Crippen LogP contribution in [-0.4, -0.2) is 22.3 Å². The lowest BCUT2D eigenvalue weighted by Crippen LogP contribution is -2.28. The Kier molecular flexibility index (Phi) is 6.35. The third-order valence-corrected chi connectivity index (χ3v) is 6.14. The van der Waals surface area contributed by atoms with Crippen molar-refractivity contribution in [2.45, 2.75) is 50.7 Å². The molecule has 140 valence electrons. The van der Waals surface area contributed by atoms with Crippen molar-refractivity contribution < 1.29 is 14.3 Å². The number of fused-ring (bicyclic) bond motifs is 1. The van der Waals surface area contributed by atoms with E-state index in [9.17, 15) is 9.59 Å². The number of esters is 1. The fourth-order valence-electron chi connectivity index (χ4n) is 3.01. The number of ether oxygens (including phenoxy) is 1. The number of anilines is 1. The van der Waals surface area contributed by atoms with Crippen LogP contribution in [0.25, 0.3) is 0 Å². The number of halogens is 3. The van der Waals surface area contributed by atoms with Gasteiger partial charge in [-0.15, -0.1) is 11.3 Å². The van der Waals surface area contributed by atoms with Gasteiger partial charge in [0.2, 0.25) is 0 Å². The first-order valence-electron chi connectivity index (χ1n) is 8.15. The van der Waals surface area contributed by atoms with E-state index in [-0.39, 0.29) is 12.0 Å². The topological polar surface area (TPSA) is 55.4 Å². The van der Waals surface area contributed by atoms with Crippen LogP contribution in [0, 0.1) is 11.3 Å². The molecule has 0 aliphatic heterocycles. The highest BCUT2D eigenvalue weighted by Gasteiger charge is 2.37. The predicted molar refractivity (Wildman–Crippen MR) is 104 cm³/mol. The molecule has 0 saturated heterocycles. The van der Waals surface area contributed by atoms with E-state index in [0.717, 1.165) is 29.7 Å². The van der Waals surface area contributed by atoms with Crippen molar-refractivity contribution in [3.63, 3.8) is 0 Å². The summed E-state index contributed by atoms with van der Waals surface area (Å²) in [4.78, 5) is 25.6. The van der Waals surface area contributed by atoms with Gasteiger partial charge in [-0.05, 0) is 43.1 Å². The summed E-state index contributed by atoms with van der Waals surface area (Å²) in [6.07, 6.45) is 2.61. The molecular formula is C17H22Cl3NO3S. The maximum atomic E-state index is 12.4. The zero-order valence-electron chi connectivity index (χ0n) is 14.7. The average Bonchev–Trinajstić information content (AvgIpc) is 2.82. The Morgan fingerprint density at radius 3 is 2.44 bits per heavy atom. The average molecular weight is 427 g/mol. The van der Waals surface area contributed by atoms with E-state index in [1.165, 1.54) is 11.3 Å². The Hall–Kier alpha value is -0.490. The zero-order valence-corrected chi connectivity index (χ0v) is 17.8. The van der Waals surface area contributed by atoms with Crippen molar-refractivity contribution >= 4 is 63.0 Å². The van der Waals surface area contributed by atoms with Gasteiger partial charge in [-0.1, -0.05) is 55.6 Å². The minimum Gasteiger partial charge on any atom is -0.462 e. The molecule has 2 rings (SSSR count). The molecule has 1 aliphatic carbocycles. The minimum atomic E-state index is -2.09. The van der Waals surface area contributed by atoms with Crippen LogP contribution in [0.3, 0.4) is 0 Å². The number of thiophene rings is 1. The Balaban J connectivity index is 2.41. The second kappa shape index (κ2) is 7.63. The summed E-state index contributed by atoms with van der Waals surface area (Å²) in [5, 5.41) is 2.98. The maximum Gasteiger partial charge on any atom is 0.341 e. The smallest absolute Gasteiger partial charge is 0.341 e. The molecule has 0 saturated carbocycles. The predicted octanol–water partition coefficient (Wildman–Crippen LogP) is 5.38. The number of carbonyl (C=O) groups excluding carboxylic acids is 2. The van der Waals surface area contributed by atoms with Gasteiger partial charge in [-0.3, -0.25) is 4.79 Å². The van der Waals surface area contributed by atoms with Crippen molar-refractivity contribution in [1.29, 1.82) is 0 Å². The first-order chi connectivity index (χ1) is 11.4. The molecule has 1 aromatic heterocycles. The second-order valence-corrected chi connectivity index (χ2v) is 10.6. The number of hydrogen-bond acceptors (Lipinski definition) is 4. The van der Waals surface area contributed by atoms with E-state index in [1.807, 2.05) is 0 Å². The summed E-state index contributed by atoms with van der Waals surface area (Å²) in [5.74, 6) is -0.728. The maximum absolute atomic E-state index is 12.4. The van der Waals surface area contributed by atoms with E-state index in [2.05, 4.69) is 26.1 Å². The van der Waals surface area contributed by atoms with Crippen LogP contribution in [0.15, 0.2) is 0 Å². The molecule has 1 aromatic rings. The minimum absolute atomic E-state index is 0.173. The molecule has 25 heavy (non-hydrogen) atoms. The van der Waals surface area contributed by atoms with Crippen molar-refractivity contribution in [1.82, 2.24) is 0 Å². The summed E-state index contributed by atoms with van der Waals surface area (Å²) >= 11 is 18.3. The highest BCUT2D eigenvalue weighted by Crippen LogP contribution is 2.45. The first kappa shape index (κ1) is 20.8. The van der Waals surface area contributed by atoms with Crippen LogP contribution in [0.5, 0.6) is 0 Å². The lowest BCUT2D eigenvalue weighted by atomic mass is 9.72. The van der Waals surface area contributed by atoms with Gasteiger partial charge < -0.3 is 10.1 Å². The second-order valence-electron chi connectivity index (χ2n) is 7.19. The van der Waals surface area contributed by atoms with Crippen LogP contribution < -0.4 is 5.32 Å². The lowest BCUT2D eigenvalue weighted by molar-refractivity contribution is -0.115. The fourth-order valence-corrected chi connectivity index (χ4v) is 4.46. The van der Waals surface area contributed by atoms with E-state index >= 15 is 0 Å². The largest absolute Gasteiger partial charge is 0.462 e. The van der Waals surface area contributed by atoms with Crippen molar-refractivity contribution in [3.05, 3.63) is 16.0 Å². The summed E-state index contributed by atoms with van der Waals surface area (Å²) in [5.41, 5.74) is 1.52. The molecule has 1 unspecified atom stereocenters. The van der Waals surface area contributed by atoms with Gasteiger partial charge in [0, 0.05) is 4.88 Å². The molecule has 1 heterocycles. The van der Waals surface area contributed by atoms with Gasteiger partial charge >= 0.3 is 5.97 Å². The van der Waals surface area contributed by atoms with Gasteiger partial charge in [-0.2, -0.15) is 0 Å². The molecule has 4 nitrogen and oxygen atoms in total. The molecule has 0 fully saturated rings. The monoisotopic (exact) mass is 425 g/mol. The van der Waals surface area contributed by atoms with Gasteiger partial charge in [0.25, 0.3) is 9.70 Å². The van der Waals surface area contributed by atoms with Crippen molar-refractivity contribution in [2.75, 3.05) is 11.9 Å². The van der Waals surface area contributed by atoms with Crippen molar-refractivity contribution in [3.8, 4) is 0 Å². The van der Waals surface area contributed by atoms with Crippen LogP contribution in [0.4, 0.5) is 5.00 Å². The van der Waals surface area contributed by atoms with E-state index < -0.39 is 15.7 Å². The molecule has 0 spiro atoms. The normalized spacial score (nSPS) is 17.8. The third-order valence-electron chi connectivity index (χ3n) is 4.45. The number of amides is 1. The van der Waals surface area contributed by atoms with Crippen LogP contribution in [-0.2, 0) is 22.4 Å². The molecule has 1 aliphatic rings. The lowest BCUT2D eigenvalue weighted by Gasteiger charge is -2.33. The van der Waals surface area contributed by atoms with E-state index in [1.54, 1.807) is 6.92 Å². The Morgan fingerprint density at radius 2 is 1.92 bits per heavy atom. The molecule has 1 amide bonds. The van der Waals surface area contributed by atoms with Crippen LogP contribution >= 0.6 is 46.1 Å². The Morgan fingerprint density at radius 1 is 1.28 bits per heavy atom. The summed E-state index contributed by atoms with van der Waals surface area (Å²) < 4.78 is 3.08. The number of nitrogens with one attached hydrogen (secondary N) is 1. The van der Waals surface area contributed by atoms with Gasteiger partial charge in [0.05, 0.1) is 12.2 Å². The summed E-state index contributed by atoms with van der Waals surface area (Å²) in [6.45, 7) is 8.65. The number of carbonyl (C=O) groups is 2. The van der Waals surface area contributed by atoms with E-state index in [4.69, 9.17) is 39.5 Å². The standard InChI is InChI=1S/C17H22Cl3NO3S/c1-5-24-14(22)12-10-7-6-9(16(2,3)4)8-11(10)25-13(12)21-15(23)17(18,19)20/h9H,5-8H2,1-4H3,(H,21,23). The highest BCUT2D eigenvalue weighted by molar-refractivity contribution is 7.17.